The van der Waals surface area contributed by atoms with Gasteiger partial charge in [0.1, 0.15) is 0 Å². The molecule has 32 heavy (non-hydrogen) atoms. The molecule has 1 aromatic carbocycles. The van der Waals surface area contributed by atoms with Crippen LogP contribution in [0.3, 0.4) is 0 Å². The normalized spacial score (nSPS) is 12.8. The molecule has 2 aromatic heterocycles. The van der Waals surface area contributed by atoms with Gasteiger partial charge in [0.15, 0.2) is 0 Å². The molecule has 0 fully saturated rings. The predicted octanol–water partition coefficient (Wildman–Crippen LogP) is 4.17. The molecule has 3 rings (SSSR count). The summed E-state index contributed by atoms with van der Waals surface area (Å²) >= 11 is 1.54. The molecule has 0 aliphatic carbocycles. The Bertz CT molecular complexity index is 1120. The summed E-state index contributed by atoms with van der Waals surface area (Å²) in [6.07, 6.45) is -4.50. The molecule has 2 heterocycles. The number of thiophene rings is 1. The maximum Gasteiger partial charge on any atom is 0.416 e. The highest BCUT2D eigenvalue weighted by Gasteiger charge is 2.31. The van der Waals surface area contributed by atoms with Crippen LogP contribution in [-0.4, -0.2) is 47.0 Å². The Hall–Kier alpha value is -2.98. The number of halogens is 3. The van der Waals surface area contributed by atoms with Crippen molar-refractivity contribution in [3.8, 4) is 5.69 Å². The summed E-state index contributed by atoms with van der Waals surface area (Å²) in [6, 6.07) is 6.50. The van der Waals surface area contributed by atoms with Gasteiger partial charge in [0.05, 0.1) is 34.2 Å². The van der Waals surface area contributed by atoms with Gasteiger partial charge in [-0.2, -0.15) is 29.6 Å². The van der Waals surface area contributed by atoms with Crippen LogP contribution in [-0.2, 0) is 11.0 Å². The standard InChI is InChI=1S/C22H23F3N4O2S/c1-13-19(14(2)29(27-13)17-7-5-6-16(10-17)22(23,24)25)20(30)21(31)26-11-18(28(3)4)15-8-9-32-12-15/h5-10,12,18H,11H2,1-4H3,(H,26,31). The molecule has 10 heteroatoms. The number of alkyl halides is 3. The van der Waals surface area contributed by atoms with Gasteiger partial charge < -0.3 is 10.2 Å². The molecule has 1 amide bonds. The minimum Gasteiger partial charge on any atom is -0.347 e. The van der Waals surface area contributed by atoms with Crippen LogP contribution in [0.2, 0.25) is 0 Å². The molecule has 1 unspecified atom stereocenters. The highest BCUT2D eigenvalue weighted by molar-refractivity contribution is 7.08. The van der Waals surface area contributed by atoms with Gasteiger partial charge in [-0.1, -0.05) is 6.07 Å². The molecule has 0 radical (unpaired) electrons. The second-order valence-electron chi connectivity index (χ2n) is 7.58. The third kappa shape index (κ3) is 4.91. The van der Waals surface area contributed by atoms with Gasteiger partial charge >= 0.3 is 6.18 Å². The quantitative estimate of drug-likeness (QED) is 0.421. The van der Waals surface area contributed by atoms with Gasteiger partial charge in [0, 0.05) is 6.54 Å². The number of nitrogens with zero attached hydrogens (tertiary/aromatic N) is 3. The molecule has 0 bridgehead atoms. The zero-order valence-corrected chi connectivity index (χ0v) is 18.8. The maximum absolute atomic E-state index is 13.1. The Morgan fingerprint density at radius 2 is 1.94 bits per heavy atom. The number of Topliss-reactive ketones (excluding diaryl/α,β-unsaturated/α-hetero) is 1. The van der Waals surface area contributed by atoms with E-state index >= 15 is 0 Å². The molecule has 3 aromatic rings. The van der Waals surface area contributed by atoms with Gasteiger partial charge in [0.2, 0.25) is 0 Å². The zero-order valence-electron chi connectivity index (χ0n) is 18.0. The Balaban J connectivity index is 1.82. The number of likely N-dealkylation sites (N-methyl/N-ethyl adjacent to an activating group) is 1. The molecule has 0 saturated carbocycles. The van der Waals surface area contributed by atoms with Crippen LogP contribution < -0.4 is 5.32 Å². The first-order chi connectivity index (χ1) is 15.0. The Morgan fingerprint density at radius 3 is 2.53 bits per heavy atom. The highest BCUT2D eigenvalue weighted by Crippen LogP contribution is 2.31. The number of hydrogen-bond acceptors (Lipinski definition) is 5. The average molecular weight is 465 g/mol. The minimum atomic E-state index is -4.50. The number of carbonyl (C=O) groups excluding carboxylic acids is 2. The summed E-state index contributed by atoms with van der Waals surface area (Å²) in [4.78, 5) is 27.4. The molecule has 0 aliphatic heterocycles. The van der Waals surface area contributed by atoms with E-state index in [1.807, 2.05) is 35.8 Å². The summed E-state index contributed by atoms with van der Waals surface area (Å²) in [7, 11) is 3.76. The average Bonchev–Trinajstić information content (AvgIpc) is 3.35. The smallest absolute Gasteiger partial charge is 0.347 e. The van der Waals surface area contributed by atoms with Crippen LogP contribution in [0.25, 0.3) is 5.69 Å². The van der Waals surface area contributed by atoms with Crippen molar-refractivity contribution in [1.29, 1.82) is 0 Å². The Kier molecular flexibility index (Phi) is 6.85. The third-order valence-electron chi connectivity index (χ3n) is 5.15. The number of carbonyl (C=O) groups is 2. The maximum atomic E-state index is 13.1. The molecule has 0 saturated heterocycles. The van der Waals surface area contributed by atoms with Crippen molar-refractivity contribution in [2.45, 2.75) is 26.1 Å². The second kappa shape index (κ2) is 9.25. The van der Waals surface area contributed by atoms with E-state index in [4.69, 9.17) is 0 Å². The number of rotatable bonds is 7. The number of benzene rings is 1. The number of hydrogen-bond donors (Lipinski definition) is 1. The van der Waals surface area contributed by atoms with E-state index in [0.717, 1.165) is 17.7 Å². The summed E-state index contributed by atoms with van der Waals surface area (Å²) in [5, 5.41) is 10.8. The molecular formula is C22H23F3N4O2S. The van der Waals surface area contributed by atoms with Crippen molar-refractivity contribution in [3.05, 3.63) is 69.2 Å². The largest absolute Gasteiger partial charge is 0.416 e. The fraction of sp³-hybridized carbons (Fsp3) is 0.318. The van der Waals surface area contributed by atoms with E-state index < -0.39 is 23.4 Å². The second-order valence-corrected chi connectivity index (χ2v) is 8.36. The number of ketones is 1. The van der Waals surface area contributed by atoms with Gasteiger partial charge in [-0.3, -0.25) is 9.59 Å². The zero-order chi connectivity index (χ0) is 23.6. The van der Waals surface area contributed by atoms with Crippen LogP contribution in [0.5, 0.6) is 0 Å². The fourth-order valence-corrected chi connectivity index (χ4v) is 4.19. The lowest BCUT2D eigenvalue weighted by Gasteiger charge is -2.23. The summed E-state index contributed by atoms with van der Waals surface area (Å²) in [5.74, 6) is -1.57. The highest BCUT2D eigenvalue weighted by atomic mass is 32.1. The van der Waals surface area contributed by atoms with Gasteiger partial charge in [-0.05, 0) is 68.5 Å². The number of aryl methyl sites for hydroxylation is 1. The molecule has 0 aliphatic rings. The lowest BCUT2D eigenvalue weighted by Crippen LogP contribution is -2.38. The SMILES string of the molecule is Cc1nn(-c2cccc(C(F)(F)F)c2)c(C)c1C(=O)C(=O)NCC(c1ccsc1)N(C)C. The lowest BCUT2D eigenvalue weighted by atomic mass is 10.1. The molecule has 1 N–H and O–H groups in total. The van der Waals surface area contributed by atoms with Gasteiger partial charge in [0.25, 0.3) is 11.7 Å². The molecular weight excluding hydrogens is 441 g/mol. The third-order valence-corrected chi connectivity index (χ3v) is 5.85. The molecule has 170 valence electrons. The first-order valence-corrected chi connectivity index (χ1v) is 10.7. The Labute approximate surface area is 187 Å². The molecule has 6 nitrogen and oxygen atoms in total. The van der Waals surface area contributed by atoms with Gasteiger partial charge in [-0.25, -0.2) is 4.68 Å². The van der Waals surface area contributed by atoms with E-state index in [1.165, 1.54) is 16.8 Å². The van der Waals surface area contributed by atoms with E-state index in [2.05, 4.69) is 10.4 Å². The van der Waals surface area contributed by atoms with E-state index in [9.17, 15) is 22.8 Å². The molecule has 0 spiro atoms. The van der Waals surface area contributed by atoms with E-state index in [-0.39, 0.29) is 29.5 Å². The van der Waals surface area contributed by atoms with Crippen molar-refractivity contribution >= 4 is 23.0 Å². The van der Waals surface area contributed by atoms with Gasteiger partial charge in [-0.15, -0.1) is 0 Å². The Morgan fingerprint density at radius 1 is 1.22 bits per heavy atom. The predicted molar refractivity (Wildman–Crippen MR) is 116 cm³/mol. The number of nitrogens with one attached hydrogen (secondary N) is 1. The van der Waals surface area contributed by atoms with Crippen molar-refractivity contribution in [1.82, 2.24) is 20.0 Å². The van der Waals surface area contributed by atoms with Crippen LogP contribution in [0.1, 0.15) is 38.9 Å². The van der Waals surface area contributed by atoms with Crippen LogP contribution in [0.4, 0.5) is 13.2 Å². The van der Waals surface area contributed by atoms with Crippen molar-refractivity contribution in [2.24, 2.45) is 0 Å². The topological polar surface area (TPSA) is 67.2 Å². The summed E-state index contributed by atoms with van der Waals surface area (Å²) < 4.78 is 40.5. The van der Waals surface area contributed by atoms with Crippen LogP contribution in [0, 0.1) is 13.8 Å². The van der Waals surface area contributed by atoms with Crippen molar-refractivity contribution < 1.29 is 22.8 Å². The lowest BCUT2D eigenvalue weighted by molar-refractivity contribution is -0.137. The minimum absolute atomic E-state index is 0.0804. The summed E-state index contributed by atoms with van der Waals surface area (Å²) in [6.45, 7) is 3.33. The monoisotopic (exact) mass is 464 g/mol. The van der Waals surface area contributed by atoms with E-state index in [0.29, 0.717) is 5.69 Å². The van der Waals surface area contributed by atoms with Crippen LogP contribution >= 0.6 is 11.3 Å². The first kappa shape index (κ1) is 23.7. The first-order valence-electron chi connectivity index (χ1n) is 9.75. The van der Waals surface area contributed by atoms with Crippen molar-refractivity contribution in [3.63, 3.8) is 0 Å². The fourth-order valence-electron chi connectivity index (χ4n) is 3.48. The van der Waals surface area contributed by atoms with E-state index in [1.54, 1.807) is 25.2 Å². The van der Waals surface area contributed by atoms with Crippen molar-refractivity contribution in [2.75, 3.05) is 20.6 Å². The number of amides is 1. The van der Waals surface area contributed by atoms with Crippen LogP contribution in [0.15, 0.2) is 41.1 Å². The number of aromatic nitrogens is 2. The summed E-state index contributed by atoms with van der Waals surface area (Å²) in [5.41, 5.74) is 1.00. The molecule has 1 atom stereocenters.